The van der Waals surface area contributed by atoms with Crippen molar-refractivity contribution in [2.45, 2.75) is 274 Å². The third-order valence-electron chi connectivity index (χ3n) is 13.1. The Balaban J connectivity index is 1.64. The lowest BCUT2D eigenvalue weighted by atomic mass is 9.97. The first-order valence-electron chi connectivity index (χ1n) is 26.7. The quantitative estimate of drug-likeness (QED) is 0.0214. The van der Waals surface area contributed by atoms with Crippen LogP contribution in [0.5, 0.6) is 0 Å². The summed E-state index contributed by atoms with van der Waals surface area (Å²) in [7, 11) is 0. The molecule has 0 aromatic rings. The number of amides is 1. The maximum atomic E-state index is 13.1. The number of unbranched alkanes of at least 4 members (excludes halogenated alkanes) is 24. The number of carbonyl (C=O) groups is 1. The summed E-state index contributed by atoms with van der Waals surface area (Å²) in [5.41, 5.74) is 0. The molecule has 2 aliphatic rings. The van der Waals surface area contributed by atoms with E-state index in [-0.39, 0.29) is 18.9 Å². The van der Waals surface area contributed by atoms with Crippen molar-refractivity contribution in [3.8, 4) is 0 Å². The summed E-state index contributed by atoms with van der Waals surface area (Å²) in [6.45, 7) is 2.68. The minimum atomic E-state index is -1.79. The van der Waals surface area contributed by atoms with Crippen LogP contribution in [0.4, 0.5) is 0 Å². The molecule has 12 unspecified atom stereocenters. The van der Waals surface area contributed by atoms with Gasteiger partial charge in [-0.15, -0.1) is 0 Å². The number of hydrogen-bond acceptors (Lipinski definition) is 13. The van der Waals surface area contributed by atoms with Gasteiger partial charge in [0.25, 0.3) is 0 Å². The minimum absolute atomic E-state index is 0.245. The number of allylic oxidation sites excluding steroid dienone is 5. The highest BCUT2D eigenvalue weighted by Crippen LogP contribution is 2.30. The number of aliphatic hydroxyl groups excluding tert-OH is 8. The lowest BCUT2D eigenvalue weighted by Crippen LogP contribution is -2.65. The van der Waals surface area contributed by atoms with Crippen LogP contribution < -0.4 is 5.32 Å². The molecule has 2 heterocycles. The Labute approximate surface area is 404 Å². The van der Waals surface area contributed by atoms with Crippen molar-refractivity contribution >= 4 is 5.91 Å². The molecule has 12 atom stereocenters. The van der Waals surface area contributed by atoms with Crippen molar-refractivity contribution in [2.24, 2.45) is 0 Å². The summed E-state index contributed by atoms with van der Waals surface area (Å²) >= 11 is 0. The van der Waals surface area contributed by atoms with Crippen LogP contribution in [0.25, 0.3) is 0 Å². The molecule has 1 amide bonds. The van der Waals surface area contributed by atoms with Gasteiger partial charge in [-0.3, -0.25) is 4.79 Å². The summed E-state index contributed by atoms with van der Waals surface area (Å²) in [6, 6.07) is -0.909. The summed E-state index contributed by atoms with van der Waals surface area (Å²) in [5.74, 6) is -0.245. The molecule has 392 valence electrons. The Morgan fingerprint density at radius 1 is 0.537 bits per heavy atom. The zero-order valence-electron chi connectivity index (χ0n) is 41.6. The standard InChI is InChI=1S/C53H97NO13/c1-3-5-7-9-11-12-13-14-15-16-17-18-19-20-21-22-23-24-25-26-27-28-29-30-31-33-35-37-45(58)54-41(42(57)36-34-32-10-8-6-4-2)40-64-52-50(63)48(61)51(44(39-56)66-52)67-53-49(62)47(60)46(59)43(38-55)65-53/h13-14,16-17,34,36,41-44,46-53,55-57,59-63H,3-12,15,18-33,35,37-40H2,1-2H3,(H,54,58)/b14-13-,17-16-,36-34+. The van der Waals surface area contributed by atoms with Crippen LogP contribution in [0.3, 0.4) is 0 Å². The van der Waals surface area contributed by atoms with E-state index in [9.17, 15) is 45.6 Å². The molecule has 67 heavy (non-hydrogen) atoms. The largest absolute Gasteiger partial charge is 0.394 e. The van der Waals surface area contributed by atoms with Gasteiger partial charge < -0.3 is 65.1 Å². The van der Waals surface area contributed by atoms with Crippen LogP contribution in [0.1, 0.15) is 200 Å². The Hall–Kier alpha value is -1.79. The zero-order chi connectivity index (χ0) is 48.9. The van der Waals surface area contributed by atoms with E-state index in [1.54, 1.807) is 6.08 Å². The van der Waals surface area contributed by atoms with Crippen molar-refractivity contribution in [1.29, 1.82) is 0 Å². The van der Waals surface area contributed by atoms with Crippen molar-refractivity contribution in [3.63, 3.8) is 0 Å². The van der Waals surface area contributed by atoms with E-state index in [2.05, 4.69) is 43.5 Å². The first-order valence-corrected chi connectivity index (χ1v) is 26.7. The SMILES string of the molecule is CCCCCC/C=C/C(O)C(COC1OC(CO)C(OC2OC(CO)C(O)C(O)C2O)C(O)C1O)NC(=O)CCCCCCCCCCCCCCCCC/C=C\C/C=C\CCCCCCC. The maximum Gasteiger partial charge on any atom is 0.220 e. The van der Waals surface area contributed by atoms with E-state index in [1.165, 1.54) is 116 Å². The van der Waals surface area contributed by atoms with Crippen LogP contribution in [0, 0.1) is 0 Å². The lowest BCUT2D eigenvalue weighted by Gasteiger charge is -2.46. The number of rotatable bonds is 41. The molecule has 0 saturated carbocycles. The van der Waals surface area contributed by atoms with E-state index in [1.807, 2.05) is 6.08 Å². The molecule has 2 aliphatic heterocycles. The van der Waals surface area contributed by atoms with E-state index in [0.29, 0.717) is 6.42 Å². The molecule has 0 aliphatic carbocycles. The second kappa shape index (κ2) is 39.9. The van der Waals surface area contributed by atoms with Crippen LogP contribution in [-0.2, 0) is 23.7 Å². The first-order chi connectivity index (χ1) is 32.6. The Bertz CT molecular complexity index is 1270. The Morgan fingerprint density at radius 2 is 0.985 bits per heavy atom. The molecular formula is C53H97NO13. The van der Waals surface area contributed by atoms with Crippen LogP contribution in [-0.4, -0.2) is 140 Å². The zero-order valence-corrected chi connectivity index (χ0v) is 41.6. The predicted octanol–water partition coefficient (Wildman–Crippen LogP) is 7.49. The van der Waals surface area contributed by atoms with Crippen molar-refractivity contribution in [1.82, 2.24) is 5.32 Å². The fraction of sp³-hybridized carbons (Fsp3) is 0.868. The minimum Gasteiger partial charge on any atom is -0.394 e. The Kier molecular flexibility index (Phi) is 36.5. The molecule has 0 radical (unpaired) electrons. The van der Waals surface area contributed by atoms with Gasteiger partial charge in [-0.2, -0.15) is 0 Å². The first kappa shape index (κ1) is 61.3. The topological polar surface area (TPSA) is 228 Å². The van der Waals surface area contributed by atoms with Gasteiger partial charge in [-0.1, -0.05) is 179 Å². The van der Waals surface area contributed by atoms with Gasteiger partial charge in [0, 0.05) is 6.42 Å². The van der Waals surface area contributed by atoms with E-state index < -0.39 is 86.8 Å². The van der Waals surface area contributed by atoms with Crippen molar-refractivity contribution in [3.05, 3.63) is 36.5 Å². The van der Waals surface area contributed by atoms with Gasteiger partial charge in [-0.25, -0.2) is 0 Å². The fourth-order valence-corrected chi connectivity index (χ4v) is 8.67. The third-order valence-corrected chi connectivity index (χ3v) is 13.1. The predicted molar refractivity (Wildman–Crippen MR) is 263 cm³/mol. The van der Waals surface area contributed by atoms with Crippen LogP contribution in [0.15, 0.2) is 36.5 Å². The maximum absolute atomic E-state index is 13.1. The van der Waals surface area contributed by atoms with E-state index in [4.69, 9.17) is 18.9 Å². The van der Waals surface area contributed by atoms with Gasteiger partial charge in [0.05, 0.1) is 32.0 Å². The fourth-order valence-electron chi connectivity index (χ4n) is 8.67. The average Bonchev–Trinajstić information content (AvgIpc) is 3.32. The molecule has 2 saturated heterocycles. The molecule has 2 rings (SSSR count). The number of aliphatic hydroxyl groups is 8. The molecule has 14 heteroatoms. The monoisotopic (exact) mass is 956 g/mol. The highest BCUT2D eigenvalue weighted by molar-refractivity contribution is 5.76. The second-order valence-corrected chi connectivity index (χ2v) is 19.0. The molecule has 2 fully saturated rings. The summed E-state index contributed by atoms with van der Waals surface area (Å²) in [4.78, 5) is 13.1. The molecule has 0 aromatic carbocycles. The van der Waals surface area contributed by atoms with Gasteiger partial charge in [-0.05, 0) is 51.4 Å². The van der Waals surface area contributed by atoms with E-state index in [0.717, 1.165) is 57.8 Å². The molecule has 0 aromatic heterocycles. The van der Waals surface area contributed by atoms with Crippen molar-refractivity contribution in [2.75, 3.05) is 19.8 Å². The number of nitrogens with one attached hydrogen (secondary N) is 1. The Morgan fingerprint density at radius 3 is 1.51 bits per heavy atom. The third kappa shape index (κ3) is 26.8. The van der Waals surface area contributed by atoms with Gasteiger partial charge >= 0.3 is 0 Å². The highest BCUT2D eigenvalue weighted by atomic mass is 16.7. The van der Waals surface area contributed by atoms with Crippen molar-refractivity contribution < 1.29 is 64.6 Å². The normalized spacial score (nSPS) is 26.8. The number of ether oxygens (including phenoxy) is 4. The van der Waals surface area contributed by atoms with Crippen LogP contribution in [0.2, 0.25) is 0 Å². The van der Waals surface area contributed by atoms with Gasteiger partial charge in [0.2, 0.25) is 5.91 Å². The second-order valence-electron chi connectivity index (χ2n) is 19.0. The molecular weight excluding hydrogens is 859 g/mol. The smallest absolute Gasteiger partial charge is 0.220 e. The number of hydrogen-bond donors (Lipinski definition) is 9. The lowest BCUT2D eigenvalue weighted by molar-refractivity contribution is -0.359. The summed E-state index contributed by atoms with van der Waals surface area (Å²) in [6.07, 6.45) is 29.6. The molecule has 14 nitrogen and oxygen atoms in total. The highest BCUT2D eigenvalue weighted by Gasteiger charge is 2.51. The van der Waals surface area contributed by atoms with Gasteiger partial charge in [0.15, 0.2) is 12.6 Å². The van der Waals surface area contributed by atoms with Gasteiger partial charge in [0.1, 0.15) is 48.8 Å². The average molecular weight is 956 g/mol. The van der Waals surface area contributed by atoms with Crippen LogP contribution >= 0.6 is 0 Å². The van der Waals surface area contributed by atoms with E-state index >= 15 is 0 Å². The number of carbonyl (C=O) groups excluding carboxylic acids is 1. The summed E-state index contributed by atoms with van der Waals surface area (Å²) < 4.78 is 22.6. The molecule has 9 N–H and O–H groups in total. The molecule has 0 bridgehead atoms. The summed E-state index contributed by atoms with van der Waals surface area (Å²) in [5, 5.41) is 86.3. The molecule has 0 spiro atoms.